The number of carbonyl (C=O) groups is 2. The number of hydrogen-bond donors (Lipinski definition) is 1. The van der Waals surface area contributed by atoms with Crippen LogP contribution in [0, 0.1) is 10.1 Å². The van der Waals surface area contributed by atoms with E-state index in [-0.39, 0.29) is 11.3 Å². The minimum Gasteiger partial charge on any atom is -0.457 e. The number of fused-ring (bicyclic) bond motifs is 1. The van der Waals surface area contributed by atoms with Gasteiger partial charge in [0.2, 0.25) is 0 Å². The van der Waals surface area contributed by atoms with Crippen molar-refractivity contribution < 1.29 is 19.2 Å². The van der Waals surface area contributed by atoms with Gasteiger partial charge in [-0.15, -0.1) is 0 Å². The number of benzene rings is 2. The van der Waals surface area contributed by atoms with E-state index in [2.05, 4.69) is 5.32 Å². The number of nitro groups is 1. The SMILES string of the molecule is O=C1Nc2ccc(Oc3ccc([N+](=O)[O-])cc3)cc2C1=O. The van der Waals surface area contributed by atoms with Gasteiger partial charge < -0.3 is 10.1 Å². The van der Waals surface area contributed by atoms with E-state index in [4.69, 9.17) is 4.74 Å². The largest absolute Gasteiger partial charge is 0.457 e. The highest BCUT2D eigenvalue weighted by atomic mass is 16.6. The van der Waals surface area contributed by atoms with Crippen LogP contribution in [0.25, 0.3) is 0 Å². The molecular weight excluding hydrogens is 276 g/mol. The number of carbonyl (C=O) groups excluding carboxylic acids is 2. The number of rotatable bonds is 3. The molecule has 0 saturated heterocycles. The lowest BCUT2D eigenvalue weighted by atomic mass is 10.1. The van der Waals surface area contributed by atoms with Crippen molar-refractivity contribution in [2.75, 3.05) is 5.32 Å². The summed E-state index contributed by atoms with van der Waals surface area (Å²) in [6, 6.07) is 10.2. The van der Waals surface area contributed by atoms with Gasteiger partial charge in [0.05, 0.1) is 16.2 Å². The number of ether oxygens (including phenoxy) is 1. The first-order valence-electron chi connectivity index (χ1n) is 5.96. The van der Waals surface area contributed by atoms with E-state index in [0.29, 0.717) is 17.2 Å². The van der Waals surface area contributed by atoms with Gasteiger partial charge >= 0.3 is 0 Å². The Bertz CT molecular complexity index is 767. The van der Waals surface area contributed by atoms with Crippen molar-refractivity contribution in [1.82, 2.24) is 0 Å². The molecule has 21 heavy (non-hydrogen) atoms. The lowest BCUT2D eigenvalue weighted by molar-refractivity contribution is -0.384. The lowest BCUT2D eigenvalue weighted by Crippen LogP contribution is -2.12. The fourth-order valence-electron chi connectivity index (χ4n) is 1.96. The third kappa shape index (κ3) is 2.32. The fourth-order valence-corrected chi connectivity index (χ4v) is 1.96. The van der Waals surface area contributed by atoms with Crippen LogP contribution in [0.3, 0.4) is 0 Å². The first-order chi connectivity index (χ1) is 10.0. The molecule has 0 unspecified atom stereocenters. The lowest BCUT2D eigenvalue weighted by Gasteiger charge is -2.06. The molecule has 1 aliphatic heterocycles. The molecule has 0 aliphatic carbocycles. The number of anilines is 1. The van der Waals surface area contributed by atoms with Crippen LogP contribution in [0.15, 0.2) is 42.5 Å². The second-order valence-electron chi connectivity index (χ2n) is 4.34. The third-order valence-corrected chi connectivity index (χ3v) is 2.97. The normalized spacial score (nSPS) is 12.8. The first-order valence-corrected chi connectivity index (χ1v) is 5.96. The van der Waals surface area contributed by atoms with E-state index in [1.54, 1.807) is 12.1 Å². The van der Waals surface area contributed by atoms with Gasteiger partial charge in [0.25, 0.3) is 17.4 Å². The predicted octanol–water partition coefficient (Wildman–Crippen LogP) is 2.52. The Labute approximate surface area is 118 Å². The van der Waals surface area contributed by atoms with Crippen molar-refractivity contribution in [1.29, 1.82) is 0 Å². The highest BCUT2D eigenvalue weighted by Gasteiger charge is 2.28. The maximum absolute atomic E-state index is 11.6. The minimum absolute atomic E-state index is 0.0405. The molecule has 0 atom stereocenters. The van der Waals surface area contributed by atoms with Crippen molar-refractivity contribution in [2.45, 2.75) is 0 Å². The average Bonchev–Trinajstić information content (AvgIpc) is 2.75. The van der Waals surface area contributed by atoms with Crippen molar-refractivity contribution in [3.8, 4) is 11.5 Å². The van der Waals surface area contributed by atoms with Crippen LogP contribution in [-0.2, 0) is 4.79 Å². The Balaban J connectivity index is 1.84. The minimum atomic E-state index is -0.669. The van der Waals surface area contributed by atoms with E-state index < -0.39 is 16.6 Å². The van der Waals surface area contributed by atoms with E-state index in [0.717, 1.165) is 0 Å². The highest BCUT2D eigenvalue weighted by molar-refractivity contribution is 6.51. The molecule has 2 aromatic rings. The van der Waals surface area contributed by atoms with E-state index in [9.17, 15) is 19.7 Å². The number of nitrogens with one attached hydrogen (secondary N) is 1. The average molecular weight is 284 g/mol. The maximum atomic E-state index is 11.6. The molecule has 1 N–H and O–H groups in total. The van der Waals surface area contributed by atoms with Gasteiger partial charge in [-0.2, -0.15) is 0 Å². The van der Waals surface area contributed by atoms with Crippen LogP contribution in [0.5, 0.6) is 11.5 Å². The summed E-state index contributed by atoms with van der Waals surface area (Å²) in [5, 5.41) is 13.0. The summed E-state index contributed by atoms with van der Waals surface area (Å²) in [7, 11) is 0. The summed E-state index contributed by atoms with van der Waals surface area (Å²) >= 11 is 0. The zero-order valence-corrected chi connectivity index (χ0v) is 10.5. The molecule has 1 amide bonds. The number of Topliss-reactive ketones (excluding diaryl/α,β-unsaturated/α-hetero) is 1. The summed E-state index contributed by atoms with van der Waals surface area (Å²) in [5.41, 5.74) is 0.654. The molecule has 3 rings (SSSR count). The topological polar surface area (TPSA) is 98.5 Å². The third-order valence-electron chi connectivity index (χ3n) is 2.97. The van der Waals surface area contributed by atoms with Gasteiger partial charge in [0.15, 0.2) is 0 Å². The number of nitro benzene ring substituents is 1. The van der Waals surface area contributed by atoms with Crippen LogP contribution in [0.1, 0.15) is 10.4 Å². The highest BCUT2D eigenvalue weighted by Crippen LogP contribution is 2.30. The van der Waals surface area contributed by atoms with Crippen molar-refractivity contribution in [2.24, 2.45) is 0 Å². The number of hydrogen-bond acceptors (Lipinski definition) is 5. The fraction of sp³-hybridized carbons (Fsp3) is 0. The molecule has 1 aliphatic rings. The molecular formula is C14H8N2O5. The summed E-state index contributed by atoms with van der Waals surface area (Å²) < 4.78 is 5.51. The molecule has 104 valence electrons. The van der Waals surface area contributed by atoms with E-state index in [1.807, 2.05) is 0 Å². The van der Waals surface area contributed by atoms with Gasteiger partial charge in [-0.25, -0.2) is 0 Å². The zero-order valence-electron chi connectivity index (χ0n) is 10.5. The molecule has 7 nitrogen and oxygen atoms in total. The van der Waals surface area contributed by atoms with Crippen molar-refractivity contribution in [3.63, 3.8) is 0 Å². The molecule has 0 radical (unpaired) electrons. The van der Waals surface area contributed by atoms with Gasteiger partial charge in [-0.1, -0.05) is 0 Å². The zero-order chi connectivity index (χ0) is 15.0. The molecule has 1 heterocycles. The molecule has 7 heteroatoms. The first kappa shape index (κ1) is 12.8. The Morgan fingerprint density at radius 2 is 1.67 bits per heavy atom. The number of amides is 1. The monoisotopic (exact) mass is 284 g/mol. The molecule has 2 aromatic carbocycles. The second kappa shape index (κ2) is 4.71. The molecule has 0 bridgehead atoms. The smallest absolute Gasteiger partial charge is 0.296 e. The summed E-state index contributed by atoms with van der Waals surface area (Å²) in [5.74, 6) is -0.519. The summed E-state index contributed by atoms with van der Waals surface area (Å²) in [4.78, 5) is 32.9. The quantitative estimate of drug-likeness (QED) is 0.530. The van der Waals surface area contributed by atoms with Gasteiger partial charge in [-0.05, 0) is 30.3 Å². The Morgan fingerprint density at radius 3 is 2.33 bits per heavy atom. The van der Waals surface area contributed by atoms with Crippen LogP contribution in [-0.4, -0.2) is 16.6 Å². The van der Waals surface area contributed by atoms with Crippen molar-refractivity contribution >= 4 is 23.1 Å². The maximum Gasteiger partial charge on any atom is 0.296 e. The van der Waals surface area contributed by atoms with Crippen LogP contribution in [0.4, 0.5) is 11.4 Å². The van der Waals surface area contributed by atoms with Crippen molar-refractivity contribution in [3.05, 3.63) is 58.1 Å². The molecule has 0 fully saturated rings. The number of ketones is 1. The second-order valence-corrected chi connectivity index (χ2v) is 4.34. The van der Waals surface area contributed by atoms with E-state index in [1.165, 1.54) is 30.3 Å². The Kier molecular flexibility index (Phi) is 2.87. The standard InChI is InChI=1S/C14H8N2O5/c17-13-11-7-10(5-6-12(11)15-14(13)18)21-9-3-1-8(2-4-9)16(19)20/h1-7H,(H,15,17,18). The Morgan fingerprint density at radius 1 is 1.00 bits per heavy atom. The predicted molar refractivity (Wildman–Crippen MR) is 72.6 cm³/mol. The number of non-ortho nitro benzene ring substituents is 1. The van der Waals surface area contributed by atoms with Crippen LogP contribution < -0.4 is 10.1 Å². The number of nitrogens with zero attached hydrogens (tertiary/aromatic N) is 1. The van der Waals surface area contributed by atoms with Gasteiger partial charge in [0.1, 0.15) is 11.5 Å². The van der Waals surface area contributed by atoms with E-state index >= 15 is 0 Å². The molecule has 0 aromatic heterocycles. The molecule has 0 saturated carbocycles. The van der Waals surface area contributed by atoms with Crippen LogP contribution in [0.2, 0.25) is 0 Å². The van der Waals surface area contributed by atoms with Crippen LogP contribution >= 0.6 is 0 Å². The Hall–Kier alpha value is -3.22. The summed E-state index contributed by atoms with van der Waals surface area (Å²) in [6.45, 7) is 0. The van der Waals surface area contributed by atoms with Gasteiger partial charge in [0, 0.05) is 12.1 Å². The summed E-state index contributed by atoms with van der Waals surface area (Å²) in [6.07, 6.45) is 0. The molecule has 0 spiro atoms. The van der Waals surface area contributed by atoms with Gasteiger partial charge in [-0.3, -0.25) is 19.7 Å².